The van der Waals surface area contributed by atoms with Gasteiger partial charge < -0.3 is 5.73 Å². The lowest BCUT2D eigenvalue weighted by Crippen LogP contribution is -1.93. The van der Waals surface area contributed by atoms with Crippen LogP contribution in [0.5, 0.6) is 0 Å². The molecule has 0 radical (unpaired) electrons. The van der Waals surface area contributed by atoms with Crippen LogP contribution in [0.2, 0.25) is 0 Å². The average Bonchev–Trinajstić information content (AvgIpc) is 2.41. The molecule has 0 unspecified atom stereocenters. The van der Waals surface area contributed by atoms with Crippen LogP contribution in [0, 0.1) is 26.7 Å². The molecule has 0 amide bonds. The van der Waals surface area contributed by atoms with Gasteiger partial charge in [0.2, 0.25) is 0 Å². The Balaban J connectivity index is 2.31. The monoisotopic (exact) mass is 344 g/mol. The Morgan fingerprint density at radius 1 is 0.944 bits per heavy atom. The summed E-state index contributed by atoms with van der Waals surface area (Å²) in [5.41, 5.74) is 8.97. The topological polar surface area (TPSA) is 49.8 Å². The van der Waals surface area contributed by atoms with Crippen molar-refractivity contribution in [1.29, 1.82) is 5.26 Å². The van der Waals surface area contributed by atoms with Crippen molar-refractivity contribution >= 4 is 28.3 Å². The zero-order valence-corrected chi connectivity index (χ0v) is 11.6. The third kappa shape index (κ3) is 2.82. The first-order chi connectivity index (χ1) is 8.70. The molecule has 3 heteroatoms. The third-order valence-electron chi connectivity index (χ3n) is 2.41. The summed E-state index contributed by atoms with van der Waals surface area (Å²) in [6.45, 7) is 0. The molecule has 18 heavy (non-hydrogen) atoms. The van der Waals surface area contributed by atoms with Crippen LogP contribution in [-0.2, 0) is 0 Å². The van der Waals surface area contributed by atoms with Crippen LogP contribution < -0.4 is 5.73 Å². The van der Waals surface area contributed by atoms with Crippen molar-refractivity contribution in [1.82, 2.24) is 0 Å². The second-order valence-corrected chi connectivity index (χ2v) is 4.80. The van der Waals surface area contributed by atoms with E-state index in [-0.39, 0.29) is 0 Å². The highest BCUT2D eigenvalue weighted by molar-refractivity contribution is 14.1. The van der Waals surface area contributed by atoms with E-state index in [1.165, 1.54) is 0 Å². The molecule has 0 fully saturated rings. The van der Waals surface area contributed by atoms with Gasteiger partial charge in [-0.1, -0.05) is 17.9 Å². The summed E-state index contributed by atoms with van der Waals surface area (Å²) < 4.78 is 0.999. The Morgan fingerprint density at radius 2 is 1.61 bits per heavy atom. The fourth-order valence-electron chi connectivity index (χ4n) is 1.41. The van der Waals surface area contributed by atoms with Crippen molar-refractivity contribution in [3.63, 3.8) is 0 Å². The molecule has 2 nitrogen and oxygen atoms in total. The number of anilines is 1. The second kappa shape index (κ2) is 5.57. The summed E-state index contributed by atoms with van der Waals surface area (Å²) in [5, 5.41) is 8.70. The van der Waals surface area contributed by atoms with Crippen molar-refractivity contribution in [2.24, 2.45) is 0 Å². The van der Waals surface area contributed by atoms with Gasteiger partial charge in [-0.15, -0.1) is 0 Å². The summed E-state index contributed by atoms with van der Waals surface area (Å²) >= 11 is 2.18. The highest BCUT2D eigenvalue weighted by Crippen LogP contribution is 2.18. The van der Waals surface area contributed by atoms with Gasteiger partial charge in [0, 0.05) is 14.7 Å². The molecule has 0 aliphatic carbocycles. The minimum atomic E-state index is 0.634. The van der Waals surface area contributed by atoms with E-state index in [0.717, 1.165) is 14.7 Å². The number of hydrogen-bond acceptors (Lipinski definition) is 2. The van der Waals surface area contributed by atoms with Crippen molar-refractivity contribution < 1.29 is 0 Å². The number of halogens is 1. The molecule has 0 bridgehead atoms. The molecule has 86 valence electrons. The minimum absolute atomic E-state index is 0.634. The summed E-state index contributed by atoms with van der Waals surface area (Å²) in [4.78, 5) is 0. The van der Waals surface area contributed by atoms with Gasteiger partial charge in [-0.25, -0.2) is 0 Å². The molecule has 0 aliphatic heterocycles. The summed E-state index contributed by atoms with van der Waals surface area (Å²) in [6.07, 6.45) is 0. The SMILES string of the molecule is N#Cc1ccc(C#Cc2cccc(I)c2N)cc1. The number of nitrogens with two attached hydrogens (primary N) is 1. The predicted molar refractivity (Wildman–Crippen MR) is 80.7 cm³/mol. The lowest BCUT2D eigenvalue weighted by atomic mass is 10.1. The first kappa shape index (κ1) is 12.5. The van der Waals surface area contributed by atoms with Crippen LogP contribution in [0.3, 0.4) is 0 Å². The van der Waals surface area contributed by atoms with E-state index in [2.05, 4.69) is 40.5 Å². The quantitative estimate of drug-likeness (QED) is 0.454. The molecule has 2 aromatic rings. The lowest BCUT2D eigenvalue weighted by molar-refractivity contribution is 1.48. The van der Waals surface area contributed by atoms with Crippen LogP contribution in [0.25, 0.3) is 0 Å². The van der Waals surface area contributed by atoms with Crippen molar-refractivity contribution in [3.05, 3.63) is 62.7 Å². The predicted octanol–water partition coefficient (Wildman–Crippen LogP) is 3.14. The largest absolute Gasteiger partial charge is 0.397 e. The molecule has 2 N–H and O–H groups in total. The van der Waals surface area contributed by atoms with Crippen molar-refractivity contribution in [2.45, 2.75) is 0 Å². The van der Waals surface area contributed by atoms with E-state index >= 15 is 0 Å². The van der Waals surface area contributed by atoms with E-state index in [1.807, 2.05) is 30.3 Å². The van der Waals surface area contributed by atoms with E-state index in [0.29, 0.717) is 11.3 Å². The summed E-state index contributed by atoms with van der Waals surface area (Å²) in [7, 11) is 0. The molecule has 0 heterocycles. The number of rotatable bonds is 0. The Bertz CT molecular complexity index is 670. The molecular weight excluding hydrogens is 335 g/mol. The summed E-state index contributed by atoms with van der Waals surface area (Å²) in [5.74, 6) is 6.08. The number of nitrogens with zero attached hydrogens (tertiary/aromatic N) is 1. The third-order valence-corrected chi connectivity index (χ3v) is 3.35. The van der Waals surface area contributed by atoms with E-state index in [4.69, 9.17) is 11.0 Å². The summed E-state index contributed by atoms with van der Waals surface area (Å²) in [6, 6.07) is 15.0. The molecular formula is C15H9IN2. The highest BCUT2D eigenvalue weighted by atomic mass is 127. The maximum Gasteiger partial charge on any atom is 0.0991 e. The fourth-order valence-corrected chi connectivity index (χ4v) is 1.91. The van der Waals surface area contributed by atoms with Gasteiger partial charge in [0.05, 0.1) is 17.3 Å². The molecule has 0 spiro atoms. The maximum absolute atomic E-state index is 8.70. The standard InChI is InChI=1S/C15H9IN2/c16-14-3-1-2-13(15(14)18)9-8-11-4-6-12(10-17)7-5-11/h1-7H,18H2. The Kier molecular flexibility index (Phi) is 3.86. The van der Waals surface area contributed by atoms with Crippen LogP contribution in [0.4, 0.5) is 5.69 Å². The zero-order chi connectivity index (χ0) is 13.0. The van der Waals surface area contributed by atoms with Crippen molar-refractivity contribution in [3.8, 4) is 17.9 Å². The molecule has 0 saturated heterocycles. The van der Waals surface area contributed by atoms with Gasteiger partial charge in [0.1, 0.15) is 0 Å². The molecule has 0 atom stereocenters. The fraction of sp³-hybridized carbons (Fsp3) is 0. The first-order valence-electron chi connectivity index (χ1n) is 5.27. The number of benzene rings is 2. The van der Waals surface area contributed by atoms with Crippen LogP contribution in [0.15, 0.2) is 42.5 Å². The Hall–Kier alpha value is -1.98. The van der Waals surface area contributed by atoms with E-state index in [9.17, 15) is 0 Å². The van der Waals surface area contributed by atoms with Crippen molar-refractivity contribution in [2.75, 3.05) is 5.73 Å². The Labute approximate surface area is 120 Å². The number of nitrogen functional groups attached to an aromatic ring is 1. The van der Waals surface area contributed by atoms with Gasteiger partial charge >= 0.3 is 0 Å². The van der Waals surface area contributed by atoms with Gasteiger partial charge in [-0.2, -0.15) is 5.26 Å². The van der Waals surface area contributed by atoms with Crippen LogP contribution >= 0.6 is 22.6 Å². The van der Waals surface area contributed by atoms with E-state index < -0.39 is 0 Å². The van der Waals surface area contributed by atoms with E-state index in [1.54, 1.807) is 12.1 Å². The normalized spacial score (nSPS) is 9.11. The second-order valence-electron chi connectivity index (χ2n) is 3.64. The zero-order valence-electron chi connectivity index (χ0n) is 9.44. The number of nitriles is 1. The van der Waals surface area contributed by atoms with Gasteiger partial charge in [-0.3, -0.25) is 0 Å². The van der Waals surface area contributed by atoms with Gasteiger partial charge in [0.25, 0.3) is 0 Å². The minimum Gasteiger partial charge on any atom is -0.397 e. The molecule has 2 rings (SSSR count). The average molecular weight is 344 g/mol. The molecule has 2 aromatic carbocycles. The highest BCUT2D eigenvalue weighted by Gasteiger charge is 1.98. The maximum atomic E-state index is 8.70. The van der Waals surface area contributed by atoms with Crippen LogP contribution in [0.1, 0.15) is 16.7 Å². The smallest absolute Gasteiger partial charge is 0.0991 e. The molecule has 0 aliphatic rings. The molecule has 0 saturated carbocycles. The molecule has 0 aromatic heterocycles. The number of para-hydroxylation sites is 1. The first-order valence-corrected chi connectivity index (χ1v) is 6.35. The lowest BCUT2D eigenvalue weighted by Gasteiger charge is -1.99. The van der Waals surface area contributed by atoms with Crippen LogP contribution in [-0.4, -0.2) is 0 Å². The number of hydrogen-bond donors (Lipinski definition) is 1. The van der Waals surface area contributed by atoms with Gasteiger partial charge in [0.15, 0.2) is 0 Å². The van der Waals surface area contributed by atoms with Gasteiger partial charge in [-0.05, 0) is 59.0 Å². The Morgan fingerprint density at radius 3 is 2.28 bits per heavy atom.